The van der Waals surface area contributed by atoms with Gasteiger partial charge in [-0.25, -0.2) is 9.97 Å². The lowest BCUT2D eigenvalue weighted by Gasteiger charge is -2.27. The Labute approximate surface area is 113 Å². The molecule has 1 aromatic heterocycles. The number of hydrogen-bond acceptors (Lipinski definition) is 5. The molecular formula is C11H15F3N4O2. The lowest BCUT2D eigenvalue weighted by molar-refractivity contribution is -0.141. The lowest BCUT2D eigenvalue weighted by Crippen LogP contribution is -2.45. The van der Waals surface area contributed by atoms with E-state index in [4.69, 9.17) is 10.5 Å². The molecule has 20 heavy (non-hydrogen) atoms. The van der Waals surface area contributed by atoms with Gasteiger partial charge >= 0.3 is 6.18 Å². The number of ether oxygens (including phenoxy) is 1. The maximum atomic E-state index is 12.6. The largest absolute Gasteiger partial charge is 0.433 e. The Hall–Kier alpha value is -1.90. The summed E-state index contributed by atoms with van der Waals surface area (Å²) in [6.07, 6.45) is -3.60. The molecular weight excluding hydrogens is 277 g/mol. The van der Waals surface area contributed by atoms with Gasteiger partial charge in [0.15, 0.2) is 0 Å². The van der Waals surface area contributed by atoms with Crippen LogP contribution in [0.2, 0.25) is 0 Å². The molecule has 1 heterocycles. The van der Waals surface area contributed by atoms with Crippen LogP contribution in [0.25, 0.3) is 0 Å². The summed E-state index contributed by atoms with van der Waals surface area (Å²) in [7, 11) is 1.43. The molecule has 1 unspecified atom stereocenters. The molecule has 6 nitrogen and oxygen atoms in total. The van der Waals surface area contributed by atoms with Crippen molar-refractivity contribution < 1.29 is 22.7 Å². The number of alkyl halides is 3. The number of hydrogen-bond donors (Lipinski definition) is 1. The highest BCUT2D eigenvalue weighted by Gasteiger charge is 2.33. The maximum Gasteiger partial charge on any atom is 0.433 e. The van der Waals surface area contributed by atoms with Gasteiger partial charge in [-0.1, -0.05) is 0 Å². The second-order valence-electron chi connectivity index (χ2n) is 4.00. The van der Waals surface area contributed by atoms with Crippen molar-refractivity contribution in [1.29, 1.82) is 0 Å². The van der Waals surface area contributed by atoms with E-state index >= 15 is 0 Å². The number of anilines is 1. The first-order valence-corrected chi connectivity index (χ1v) is 5.72. The Morgan fingerprint density at radius 3 is 2.70 bits per heavy atom. The number of amides is 1. The minimum absolute atomic E-state index is 0.141. The lowest BCUT2D eigenvalue weighted by atomic mass is 10.2. The third-order valence-electron chi connectivity index (χ3n) is 2.61. The number of nitrogens with two attached hydrogens (primary N) is 1. The average molecular weight is 292 g/mol. The molecule has 1 atom stereocenters. The first-order chi connectivity index (χ1) is 9.27. The minimum Gasteiger partial charge on any atom is -0.383 e. The molecule has 0 radical (unpaired) electrons. The van der Waals surface area contributed by atoms with E-state index in [0.29, 0.717) is 0 Å². The van der Waals surface area contributed by atoms with Crippen molar-refractivity contribution in [3.8, 4) is 0 Å². The smallest absolute Gasteiger partial charge is 0.383 e. The summed E-state index contributed by atoms with van der Waals surface area (Å²) in [5, 5.41) is 0. The molecule has 112 valence electrons. The van der Waals surface area contributed by atoms with E-state index < -0.39 is 23.8 Å². The van der Waals surface area contributed by atoms with Crippen LogP contribution >= 0.6 is 0 Å². The highest BCUT2D eigenvalue weighted by Crippen LogP contribution is 2.28. The third-order valence-corrected chi connectivity index (χ3v) is 2.61. The monoisotopic (exact) mass is 292 g/mol. The SMILES string of the molecule is COCCN(c1nccc(C(F)(F)F)n1)C(C)C(N)=O. The number of aromatic nitrogens is 2. The Kier molecular flexibility index (Phi) is 5.26. The first kappa shape index (κ1) is 16.2. The van der Waals surface area contributed by atoms with Crippen molar-refractivity contribution in [2.24, 2.45) is 5.73 Å². The average Bonchev–Trinajstić information content (AvgIpc) is 2.38. The summed E-state index contributed by atoms with van der Waals surface area (Å²) in [5.74, 6) is -0.912. The summed E-state index contributed by atoms with van der Waals surface area (Å²) in [6, 6.07) is -0.0962. The van der Waals surface area contributed by atoms with Crippen LogP contribution in [0.4, 0.5) is 19.1 Å². The van der Waals surface area contributed by atoms with E-state index in [9.17, 15) is 18.0 Å². The molecule has 0 aliphatic carbocycles. The predicted octanol–water partition coefficient (Wildman–Crippen LogP) is 0.822. The van der Waals surface area contributed by atoms with E-state index in [1.54, 1.807) is 0 Å². The van der Waals surface area contributed by atoms with Gasteiger partial charge in [0, 0.05) is 19.9 Å². The normalized spacial score (nSPS) is 13.1. The van der Waals surface area contributed by atoms with Crippen molar-refractivity contribution in [2.45, 2.75) is 19.1 Å². The zero-order chi connectivity index (χ0) is 15.3. The molecule has 2 N–H and O–H groups in total. The highest BCUT2D eigenvalue weighted by atomic mass is 19.4. The van der Waals surface area contributed by atoms with Gasteiger partial charge in [-0.15, -0.1) is 0 Å². The highest BCUT2D eigenvalue weighted by molar-refractivity contribution is 5.82. The Morgan fingerprint density at radius 1 is 1.55 bits per heavy atom. The number of nitrogens with zero attached hydrogens (tertiary/aromatic N) is 3. The molecule has 1 amide bonds. The standard InChI is InChI=1S/C11H15F3N4O2/c1-7(9(15)19)18(5-6-20-2)10-16-4-3-8(17-10)11(12,13)14/h3-4,7H,5-6H2,1-2H3,(H2,15,19). The second kappa shape index (κ2) is 6.51. The maximum absolute atomic E-state index is 12.6. The molecule has 0 aliphatic heterocycles. The zero-order valence-electron chi connectivity index (χ0n) is 11.0. The van der Waals surface area contributed by atoms with Gasteiger partial charge in [0.2, 0.25) is 11.9 Å². The summed E-state index contributed by atoms with van der Waals surface area (Å²) in [4.78, 5) is 19.7. The first-order valence-electron chi connectivity index (χ1n) is 5.72. The van der Waals surface area contributed by atoms with Gasteiger partial charge < -0.3 is 15.4 Å². The van der Waals surface area contributed by atoms with Gasteiger partial charge in [-0.3, -0.25) is 4.79 Å². The van der Waals surface area contributed by atoms with Crippen LogP contribution in [0.5, 0.6) is 0 Å². The van der Waals surface area contributed by atoms with E-state index in [2.05, 4.69) is 9.97 Å². The molecule has 0 aromatic carbocycles. The summed E-state index contributed by atoms with van der Waals surface area (Å²) in [6.45, 7) is 1.79. The molecule has 0 bridgehead atoms. The van der Waals surface area contributed by atoms with Crippen molar-refractivity contribution in [2.75, 3.05) is 25.2 Å². The number of primary amides is 1. The molecule has 0 saturated heterocycles. The molecule has 0 aliphatic rings. The van der Waals surface area contributed by atoms with Gasteiger partial charge in [0.25, 0.3) is 0 Å². The zero-order valence-corrected chi connectivity index (χ0v) is 11.0. The van der Waals surface area contributed by atoms with E-state index in [1.165, 1.54) is 18.9 Å². The predicted molar refractivity (Wildman–Crippen MR) is 64.9 cm³/mol. The fourth-order valence-corrected chi connectivity index (χ4v) is 1.45. The van der Waals surface area contributed by atoms with Crippen LogP contribution < -0.4 is 10.6 Å². The summed E-state index contributed by atoms with van der Waals surface area (Å²) >= 11 is 0. The second-order valence-corrected chi connectivity index (χ2v) is 4.00. The third kappa shape index (κ3) is 4.05. The fourth-order valence-electron chi connectivity index (χ4n) is 1.45. The van der Waals surface area contributed by atoms with E-state index in [-0.39, 0.29) is 19.1 Å². The quantitative estimate of drug-likeness (QED) is 0.839. The summed E-state index contributed by atoms with van der Waals surface area (Å²) < 4.78 is 42.7. The molecule has 0 fully saturated rings. The van der Waals surface area contributed by atoms with Crippen molar-refractivity contribution in [3.05, 3.63) is 18.0 Å². The Bertz CT molecular complexity index is 467. The van der Waals surface area contributed by atoms with Gasteiger partial charge in [0.05, 0.1) is 6.61 Å². The van der Waals surface area contributed by atoms with Gasteiger partial charge in [0.1, 0.15) is 11.7 Å². The van der Waals surface area contributed by atoms with Gasteiger partial charge in [-0.2, -0.15) is 13.2 Å². The Morgan fingerprint density at radius 2 is 2.20 bits per heavy atom. The van der Waals surface area contributed by atoms with Crippen LogP contribution in [0.15, 0.2) is 12.3 Å². The van der Waals surface area contributed by atoms with Crippen LogP contribution in [0.1, 0.15) is 12.6 Å². The molecule has 0 spiro atoms. The number of carbonyl (C=O) groups excluding carboxylic acids is 1. The topological polar surface area (TPSA) is 81.3 Å². The molecule has 1 rings (SSSR count). The van der Waals surface area contributed by atoms with Crippen molar-refractivity contribution in [1.82, 2.24) is 9.97 Å². The van der Waals surface area contributed by atoms with E-state index in [1.807, 2.05) is 0 Å². The van der Waals surface area contributed by atoms with Crippen LogP contribution in [0.3, 0.4) is 0 Å². The number of rotatable bonds is 6. The van der Waals surface area contributed by atoms with Crippen molar-refractivity contribution >= 4 is 11.9 Å². The molecule has 0 saturated carbocycles. The van der Waals surface area contributed by atoms with Gasteiger partial charge in [-0.05, 0) is 13.0 Å². The molecule has 1 aromatic rings. The number of carbonyl (C=O) groups is 1. The number of methoxy groups -OCH3 is 1. The van der Waals surface area contributed by atoms with Crippen LogP contribution in [0, 0.1) is 0 Å². The number of halogens is 3. The fraction of sp³-hybridized carbons (Fsp3) is 0.545. The Balaban J connectivity index is 3.10. The van der Waals surface area contributed by atoms with Crippen molar-refractivity contribution in [3.63, 3.8) is 0 Å². The summed E-state index contributed by atoms with van der Waals surface area (Å²) in [5.41, 5.74) is 4.09. The van der Waals surface area contributed by atoms with Crippen LogP contribution in [-0.2, 0) is 15.7 Å². The molecule has 9 heteroatoms. The minimum atomic E-state index is -4.58. The van der Waals surface area contributed by atoms with Crippen LogP contribution in [-0.4, -0.2) is 42.2 Å². The van der Waals surface area contributed by atoms with E-state index in [0.717, 1.165) is 12.3 Å².